The van der Waals surface area contributed by atoms with E-state index in [0.29, 0.717) is 31.6 Å². The van der Waals surface area contributed by atoms with Gasteiger partial charge in [0.2, 0.25) is 0 Å². The zero-order chi connectivity index (χ0) is 15.4. The van der Waals surface area contributed by atoms with Crippen molar-refractivity contribution >= 4 is 23.4 Å². The average molecular weight is 312 g/mol. The molecule has 0 aliphatic carbocycles. The van der Waals surface area contributed by atoms with Crippen molar-refractivity contribution in [2.75, 3.05) is 13.1 Å². The lowest BCUT2D eigenvalue weighted by molar-refractivity contribution is 0.00767. The van der Waals surface area contributed by atoms with Gasteiger partial charge in [-0.15, -0.1) is 11.3 Å². The first-order chi connectivity index (χ1) is 9.95. The van der Waals surface area contributed by atoms with Crippen molar-refractivity contribution in [2.24, 2.45) is 0 Å². The van der Waals surface area contributed by atoms with Gasteiger partial charge >= 0.3 is 12.1 Å². The molecule has 0 bridgehead atoms. The molecule has 2 rings (SSSR count). The highest BCUT2D eigenvalue weighted by molar-refractivity contribution is 7.09. The van der Waals surface area contributed by atoms with E-state index in [2.05, 4.69) is 4.98 Å². The van der Waals surface area contributed by atoms with Crippen LogP contribution < -0.4 is 0 Å². The van der Waals surface area contributed by atoms with Crippen LogP contribution in [0.3, 0.4) is 0 Å². The number of piperidine rings is 1. The smallest absolute Gasteiger partial charge is 0.410 e. The Morgan fingerprint density at radius 2 is 2.05 bits per heavy atom. The van der Waals surface area contributed by atoms with Crippen molar-refractivity contribution in [3.05, 3.63) is 16.1 Å². The molecule has 116 valence electrons. The molecule has 0 radical (unpaired) electrons. The minimum atomic E-state index is -0.387. The number of rotatable bonds is 3. The largest absolute Gasteiger partial charge is 0.457 e. The number of aromatic nitrogens is 1. The molecule has 0 saturated carbocycles. The Balaban J connectivity index is 1.79. The molecule has 1 aromatic rings. The Kier molecular flexibility index (Phi) is 5.17. The highest BCUT2D eigenvalue weighted by atomic mass is 32.1. The number of amides is 1. The first-order valence-corrected chi connectivity index (χ1v) is 7.92. The number of hydrogen-bond donors (Lipinski definition) is 0. The predicted octanol–water partition coefficient (Wildman–Crippen LogP) is 2.62. The molecule has 6 nitrogen and oxygen atoms in total. The summed E-state index contributed by atoms with van der Waals surface area (Å²) in [6.45, 7) is 6.57. The molecule has 0 N–H and O–H groups in total. The first kappa shape index (κ1) is 15.8. The van der Waals surface area contributed by atoms with Crippen LogP contribution in [-0.4, -0.2) is 47.2 Å². The standard InChI is InChI=1S/C14H20N2O4S/c1-9(2)19-14(18)16-6-4-11(5-7-16)20-13(17)12-8-21-10(3)15-12/h8-9,11H,4-7H2,1-3H3. The lowest BCUT2D eigenvalue weighted by atomic mass is 10.1. The number of carbonyl (C=O) groups is 2. The first-order valence-electron chi connectivity index (χ1n) is 7.04. The van der Waals surface area contributed by atoms with E-state index in [9.17, 15) is 9.59 Å². The van der Waals surface area contributed by atoms with Crippen molar-refractivity contribution in [2.45, 2.75) is 45.8 Å². The van der Waals surface area contributed by atoms with E-state index in [1.165, 1.54) is 11.3 Å². The van der Waals surface area contributed by atoms with Gasteiger partial charge in [0.15, 0.2) is 5.69 Å². The monoisotopic (exact) mass is 312 g/mol. The van der Waals surface area contributed by atoms with Gasteiger partial charge in [-0.05, 0) is 20.8 Å². The molecule has 1 amide bonds. The number of ether oxygens (including phenoxy) is 2. The summed E-state index contributed by atoms with van der Waals surface area (Å²) < 4.78 is 10.6. The van der Waals surface area contributed by atoms with Gasteiger partial charge < -0.3 is 14.4 Å². The molecule has 1 fully saturated rings. The van der Waals surface area contributed by atoms with Crippen LogP contribution in [0.5, 0.6) is 0 Å². The fourth-order valence-electron chi connectivity index (χ4n) is 2.10. The summed E-state index contributed by atoms with van der Waals surface area (Å²) >= 11 is 1.42. The molecule has 21 heavy (non-hydrogen) atoms. The maximum absolute atomic E-state index is 11.9. The third kappa shape index (κ3) is 4.42. The summed E-state index contributed by atoms with van der Waals surface area (Å²) in [5.41, 5.74) is 0.360. The van der Waals surface area contributed by atoms with E-state index in [0.717, 1.165) is 5.01 Å². The minimum Gasteiger partial charge on any atom is -0.457 e. The maximum atomic E-state index is 11.9. The van der Waals surface area contributed by atoms with Gasteiger partial charge in [-0.2, -0.15) is 0 Å². The molecular weight excluding hydrogens is 292 g/mol. The molecule has 1 aliphatic heterocycles. The number of hydrogen-bond acceptors (Lipinski definition) is 6. The Morgan fingerprint density at radius 1 is 1.38 bits per heavy atom. The summed E-state index contributed by atoms with van der Waals surface area (Å²) in [4.78, 5) is 29.4. The highest BCUT2D eigenvalue weighted by Gasteiger charge is 2.27. The number of thiazole rings is 1. The second-order valence-electron chi connectivity index (χ2n) is 5.28. The molecule has 1 aliphatic rings. The second kappa shape index (κ2) is 6.89. The van der Waals surface area contributed by atoms with Crippen LogP contribution in [0.25, 0.3) is 0 Å². The normalized spacial score (nSPS) is 16.1. The zero-order valence-corrected chi connectivity index (χ0v) is 13.3. The lowest BCUT2D eigenvalue weighted by Crippen LogP contribution is -2.42. The summed E-state index contributed by atoms with van der Waals surface area (Å²) in [6, 6.07) is 0. The average Bonchev–Trinajstić information content (AvgIpc) is 2.85. The van der Waals surface area contributed by atoms with Crippen LogP contribution >= 0.6 is 11.3 Å². The van der Waals surface area contributed by atoms with Gasteiger partial charge in [0.1, 0.15) is 6.10 Å². The minimum absolute atomic E-state index is 0.124. The Hall–Kier alpha value is -1.63. The Morgan fingerprint density at radius 3 is 2.57 bits per heavy atom. The van der Waals surface area contributed by atoms with Crippen LogP contribution in [0.1, 0.15) is 42.2 Å². The number of carbonyl (C=O) groups excluding carboxylic acids is 2. The van der Waals surface area contributed by atoms with Crippen molar-refractivity contribution < 1.29 is 19.1 Å². The Labute approximate surface area is 128 Å². The van der Waals surface area contributed by atoms with Gasteiger partial charge in [0.05, 0.1) is 11.1 Å². The molecule has 1 saturated heterocycles. The molecular formula is C14H20N2O4S. The van der Waals surface area contributed by atoms with Crippen molar-refractivity contribution in [1.82, 2.24) is 9.88 Å². The van der Waals surface area contributed by atoms with Crippen molar-refractivity contribution in [1.29, 1.82) is 0 Å². The summed E-state index contributed by atoms with van der Waals surface area (Å²) in [5, 5.41) is 2.54. The fourth-order valence-corrected chi connectivity index (χ4v) is 2.68. The number of nitrogens with zero attached hydrogens (tertiary/aromatic N) is 2. The quantitative estimate of drug-likeness (QED) is 0.803. The zero-order valence-electron chi connectivity index (χ0n) is 12.5. The van der Waals surface area contributed by atoms with Gasteiger partial charge in [0, 0.05) is 31.3 Å². The summed E-state index contributed by atoms with van der Waals surface area (Å²) in [7, 11) is 0. The molecule has 0 unspecified atom stereocenters. The van der Waals surface area contributed by atoms with E-state index in [1.807, 2.05) is 20.8 Å². The third-order valence-corrected chi connectivity index (χ3v) is 3.91. The van der Waals surface area contributed by atoms with Crippen molar-refractivity contribution in [3.63, 3.8) is 0 Å². The summed E-state index contributed by atoms with van der Waals surface area (Å²) in [5.74, 6) is -0.387. The number of esters is 1. The van der Waals surface area contributed by atoms with E-state index in [1.54, 1.807) is 10.3 Å². The molecule has 1 aromatic heterocycles. The third-order valence-electron chi connectivity index (χ3n) is 3.14. The maximum Gasteiger partial charge on any atom is 0.410 e. The van der Waals surface area contributed by atoms with E-state index < -0.39 is 0 Å². The number of likely N-dealkylation sites (tertiary alicyclic amines) is 1. The van der Waals surface area contributed by atoms with Crippen LogP contribution in [0, 0.1) is 6.92 Å². The van der Waals surface area contributed by atoms with E-state index in [4.69, 9.17) is 9.47 Å². The van der Waals surface area contributed by atoms with Gasteiger partial charge in [-0.3, -0.25) is 0 Å². The van der Waals surface area contributed by atoms with E-state index >= 15 is 0 Å². The lowest BCUT2D eigenvalue weighted by Gasteiger charge is -2.31. The fraction of sp³-hybridized carbons (Fsp3) is 0.643. The number of aryl methyl sites for hydroxylation is 1. The van der Waals surface area contributed by atoms with Gasteiger partial charge in [-0.1, -0.05) is 0 Å². The van der Waals surface area contributed by atoms with Crippen LogP contribution in [0.15, 0.2) is 5.38 Å². The molecule has 7 heteroatoms. The summed E-state index contributed by atoms with van der Waals surface area (Å²) in [6.07, 6.45) is 0.665. The molecule has 0 aromatic carbocycles. The SMILES string of the molecule is Cc1nc(C(=O)OC2CCN(C(=O)OC(C)C)CC2)cs1. The van der Waals surface area contributed by atoms with Gasteiger partial charge in [0.25, 0.3) is 0 Å². The molecule has 0 spiro atoms. The molecule has 2 heterocycles. The van der Waals surface area contributed by atoms with Crippen LogP contribution in [0.2, 0.25) is 0 Å². The van der Waals surface area contributed by atoms with E-state index in [-0.39, 0.29) is 24.3 Å². The second-order valence-corrected chi connectivity index (χ2v) is 6.34. The highest BCUT2D eigenvalue weighted by Crippen LogP contribution is 2.17. The van der Waals surface area contributed by atoms with Crippen LogP contribution in [0.4, 0.5) is 4.79 Å². The van der Waals surface area contributed by atoms with Crippen LogP contribution in [-0.2, 0) is 9.47 Å². The predicted molar refractivity (Wildman–Crippen MR) is 78.5 cm³/mol. The van der Waals surface area contributed by atoms with Crippen molar-refractivity contribution in [3.8, 4) is 0 Å². The molecule has 0 atom stereocenters. The van der Waals surface area contributed by atoms with Gasteiger partial charge in [-0.25, -0.2) is 14.6 Å². The topological polar surface area (TPSA) is 68.7 Å². The Bertz CT molecular complexity index is 507.